The van der Waals surface area contributed by atoms with Crippen LogP contribution in [-0.2, 0) is 5.75 Å². The van der Waals surface area contributed by atoms with Crippen molar-refractivity contribution in [1.29, 1.82) is 0 Å². The van der Waals surface area contributed by atoms with Gasteiger partial charge in [0.05, 0.1) is 6.10 Å². The highest BCUT2D eigenvalue weighted by atomic mass is 32.2. The Bertz CT molecular complexity index is 359. The first-order valence-corrected chi connectivity index (χ1v) is 8.16. The molecule has 1 aromatic rings. The number of aliphatic hydroxyl groups excluding tert-OH is 1. The van der Waals surface area contributed by atoms with E-state index in [9.17, 15) is 5.11 Å². The average molecular weight is 281 g/mol. The van der Waals surface area contributed by atoms with E-state index in [4.69, 9.17) is 0 Å². The molecule has 0 radical (unpaired) electrons. The van der Waals surface area contributed by atoms with E-state index in [1.807, 2.05) is 0 Å². The monoisotopic (exact) mass is 281 g/mol. The maximum absolute atomic E-state index is 9.87. The number of benzene rings is 1. The van der Waals surface area contributed by atoms with Gasteiger partial charge in [-0.2, -0.15) is 11.8 Å². The van der Waals surface area contributed by atoms with Crippen LogP contribution in [0, 0.1) is 19.8 Å². The molecule has 1 aromatic carbocycles. The summed E-state index contributed by atoms with van der Waals surface area (Å²) in [7, 11) is 0. The zero-order valence-electron chi connectivity index (χ0n) is 12.6. The maximum Gasteiger partial charge on any atom is 0.0754 e. The molecule has 2 N–H and O–H groups in total. The van der Waals surface area contributed by atoms with E-state index in [1.165, 1.54) is 16.7 Å². The fraction of sp³-hybridized carbons (Fsp3) is 0.625. The first kappa shape index (κ1) is 16.5. The van der Waals surface area contributed by atoms with Crippen LogP contribution in [0.3, 0.4) is 0 Å². The Morgan fingerprint density at radius 3 is 2.32 bits per heavy atom. The van der Waals surface area contributed by atoms with Gasteiger partial charge in [0.1, 0.15) is 0 Å². The number of hydrogen-bond acceptors (Lipinski definition) is 3. The molecule has 1 atom stereocenters. The van der Waals surface area contributed by atoms with E-state index >= 15 is 0 Å². The molecule has 19 heavy (non-hydrogen) atoms. The first-order chi connectivity index (χ1) is 8.97. The molecule has 0 heterocycles. The predicted molar refractivity (Wildman–Crippen MR) is 85.8 cm³/mol. The van der Waals surface area contributed by atoms with Gasteiger partial charge in [-0.05, 0) is 31.9 Å². The van der Waals surface area contributed by atoms with Crippen molar-refractivity contribution >= 4 is 11.8 Å². The molecule has 0 saturated carbocycles. The van der Waals surface area contributed by atoms with Crippen LogP contribution in [-0.4, -0.2) is 30.1 Å². The lowest BCUT2D eigenvalue weighted by atomic mass is 10.1. The van der Waals surface area contributed by atoms with Crippen molar-refractivity contribution in [3.8, 4) is 0 Å². The van der Waals surface area contributed by atoms with Gasteiger partial charge in [0.2, 0.25) is 0 Å². The van der Waals surface area contributed by atoms with E-state index < -0.39 is 0 Å². The van der Waals surface area contributed by atoms with E-state index in [1.54, 1.807) is 11.8 Å². The van der Waals surface area contributed by atoms with Crippen LogP contribution >= 0.6 is 11.8 Å². The molecular weight excluding hydrogens is 254 g/mol. The molecule has 0 saturated heterocycles. The van der Waals surface area contributed by atoms with Gasteiger partial charge in [0, 0.05) is 18.1 Å². The Hall–Kier alpha value is -0.510. The third kappa shape index (κ3) is 7.61. The molecule has 108 valence electrons. The molecule has 0 aromatic heterocycles. The summed E-state index contributed by atoms with van der Waals surface area (Å²) in [6.45, 7) is 10.3. The summed E-state index contributed by atoms with van der Waals surface area (Å²) >= 11 is 1.80. The summed E-state index contributed by atoms with van der Waals surface area (Å²) in [6, 6.07) is 6.64. The largest absolute Gasteiger partial charge is 0.391 e. The van der Waals surface area contributed by atoms with Gasteiger partial charge in [0.15, 0.2) is 0 Å². The number of nitrogens with one attached hydrogen (secondary N) is 1. The molecule has 0 aliphatic rings. The molecule has 1 rings (SSSR count). The number of rotatable bonds is 8. The van der Waals surface area contributed by atoms with E-state index in [-0.39, 0.29) is 6.10 Å². The second kappa shape index (κ2) is 8.62. The molecular formula is C16H27NOS. The Kier molecular flexibility index (Phi) is 7.51. The van der Waals surface area contributed by atoms with Crippen LogP contribution < -0.4 is 5.32 Å². The zero-order valence-corrected chi connectivity index (χ0v) is 13.4. The van der Waals surface area contributed by atoms with Gasteiger partial charge in [-0.25, -0.2) is 0 Å². The van der Waals surface area contributed by atoms with Crippen molar-refractivity contribution in [1.82, 2.24) is 5.32 Å². The summed E-state index contributed by atoms with van der Waals surface area (Å²) in [4.78, 5) is 0. The SMILES string of the molecule is Cc1cc(C)cc(CSCC(O)CNCC(C)C)c1. The first-order valence-electron chi connectivity index (χ1n) is 7.01. The van der Waals surface area contributed by atoms with Crippen molar-refractivity contribution in [3.05, 3.63) is 34.9 Å². The zero-order chi connectivity index (χ0) is 14.3. The van der Waals surface area contributed by atoms with Crippen LogP contribution in [0.25, 0.3) is 0 Å². The Labute approximate surface area is 122 Å². The standard InChI is InChI=1S/C16H27NOS/c1-12(2)8-17-9-16(18)11-19-10-15-6-13(3)5-14(4)7-15/h5-7,12,16-18H,8-11H2,1-4H3. The summed E-state index contributed by atoms with van der Waals surface area (Å²) < 4.78 is 0. The highest BCUT2D eigenvalue weighted by Crippen LogP contribution is 2.16. The van der Waals surface area contributed by atoms with Crippen LogP contribution in [0.15, 0.2) is 18.2 Å². The summed E-state index contributed by atoms with van der Waals surface area (Å²) in [5.74, 6) is 2.40. The predicted octanol–water partition coefficient (Wildman–Crippen LogP) is 3.14. The Morgan fingerprint density at radius 2 is 1.74 bits per heavy atom. The van der Waals surface area contributed by atoms with Crippen molar-refractivity contribution in [3.63, 3.8) is 0 Å². The minimum Gasteiger partial charge on any atom is -0.391 e. The number of aryl methyl sites for hydroxylation is 2. The van der Waals surface area contributed by atoms with E-state index in [0.29, 0.717) is 12.5 Å². The molecule has 0 spiro atoms. The van der Waals surface area contributed by atoms with Gasteiger partial charge in [-0.15, -0.1) is 0 Å². The summed E-state index contributed by atoms with van der Waals surface area (Å²) in [5, 5.41) is 13.2. The quantitative estimate of drug-likeness (QED) is 0.768. The Morgan fingerprint density at radius 1 is 1.11 bits per heavy atom. The number of hydrogen-bond donors (Lipinski definition) is 2. The third-order valence-electron chi connectivity index (χ3n) is 2.79. The van der Waals surface area contributed by atoms with E-state index in [2.05, 4.69) is 51.2 Å². The molecule has 1 unspecified atom stereocenters. The van der Waals surface area contributed by atoms with E-state index in [0.717, 1.165) is 18.1 Å². The molecule has 3 heteroatoms. The third-order valence-corrected chi connectivity index (χ3v) is 3.95. The fourth-order valence-electron chi connectivity index (χ4n) is 2.06. The molecule has 0 aliphatic carbocycles. The summed E-state index contributed by atoms with van der Waals surface area (Å²) in [5.41, 5.74) is 3.98. The van der Waals surface area contributed by atoms with Gasteiger partial charge < -0.3 is 10.4 Å². The van der Waals surface area contributed by atoms with Crippen molar-refractivity contribution in [2.75, 3.05) is 18.8 Å². The normalized spacial score (nSPS) is 12.9. The van der Waals surface area contributed by atoms with Crippen molar-refractivity contribution < 1.29 is 5.11 Å². The minimum absolute atomic E-state index is 0.255. The maximum atomic E-state index is 9.87. The summed E-state index contributed by atoms with van der Waals surface area (Å²) in [6.07, 6.45) is -0.255. The van der Waals surface area contributed by atoms with Crippen LogP contribution in [0.2, 0.25) is 0 Å². The fourth-order valence-corrected chi connectivity index (χ4v) is 2.97. The Balaban J connectivity index is 2.22. The van der Waals surface area contributed by atoms with Gasteiger partial charge >= 0.3 is 0 Å². The molecule has 0 aliphatic heterocycles. The average Bonchev–Trinajstić information content (AvgIpc) is 2.27. The highest BCUT2D eigenvalue weighted by Gasteiger charge is 2.05. The van der Waals surface area contributed by atoms with Crippen LogP contribution in [0.5, 0.6) is 0 Å². The minimum atomic E-state index is -0.255. The van der Waals surface area contributed by atoms with Crippen LogP contribution in [0.1, 0.15) is 30.5 Å². The number of aliphatic hydroxyl groups is 1. The lowest BCUT2D eigenvalue weighted by Crippen LogP contribution is -2.31. The van der Waals surface area contributed by atoms with Gasteiger partial charge in [-0.3, -0.25) is 0 Å². The number of thioether (sulfide) groups is 1. The molecule has 2 nitrogen and oxygen atoms in total. The molecule has 0 bridgehead atoms. The van der Waals surface area contributed by atoms with Crippen LogP contribution in [0.4, 0.5) is 0 Å². The van der Waals surface area contributed by atoms with Gasteiger partial charge in [0.25, 0.3) is 0 Å². The van der Waals surface area contributed by atoms with Gasteiger partial charge in [-0.1, -0.05) is 43.2 Å². The van der Waals surface area contributed by atoms with Crippen molar-refractivity contribution in [2.45, 2.75) is 39.6 Å². The second-order valence-corrected chi connectivity index (χ2v) is 6.75. The lowest BCUT2D eigenvalue weighted by molar-refractivity contribution is 0.194. The molecule has 0 fully saturated rings. The highest BCUT2D eigenvalue weighted by molar-refractivity contribution is 7.98. The smallest absolute Gasteiger partial charge is 0.0754 e. The second-order valence-electron chi connectivity index (χ2n) is 5.72. The molecule has 0 amide bonds. The topological polar surface area (TPSA) is 32.3 Å². The van der Waals surface area contributed by atoms with Crippen molar-refractivity contribution in [2.24, 2.45) is 5.92 Å². The lowest BCUT2D eigenvalue weighted by Gasteiger charge is -2.13.